The molecular formula is C64H50Si. The molecule has 310 valence electrons. The van der Waals surface area contributed by atoms with Gasteiger partial charge in [0.25, 0.3) is 0 Å². The lowest BCUT2D eigenvalue weighted by Crippen LogP contribution is -2.49. The summed E-state index contributed by atoms with van der Waals surface area (Å²) in [5.74, 6) is 0. The van der Waals surface area contributed by atoms with Crippen LogP contribution in [0.2, 0.25) is 13.1 Å². The number of hydrogen-bond acceptors (Lipinski definition) is 0. The molecule has 0 aromatic heterocycles. The first kappa shape index (κ1) is 38.4. The molecule has 0 unspecified atom stereocenters. The maximum absolute atomic E-state index is 2.65. The van der Waals surface area contributed by atoms with Gasteiger partial charge in [0, 0.05) is 10.8 Å². The standard InChI is InChI=1S/C64H50Si/c1-63(2)55-22-14-12-18-45(55)47-31-29-43(34-57(47)63)61-50-20-10-11-21-51(50)62(44-30-32-48-46-19-13-15-23-56(46)64(3,4)58(48)35-44)54-38-60-52(37-53(54)61)49-33-28-42(36-59(49)65(60,5)6)41-26-24-40(25-27-41)39-16-8-7-9-17-39/h7-38H,1-6H3. The van der Waals surface area contributed by atoms with Crippen LogP contribution in [0.3, 0.4) is 0 Å². The molecule has 0 bridgehead atoms. The lowest BCUT2D eigenvalue weighted by Gasteiger charge is -2.25. The van der Waals surface area contributed by atoms with Crippen LogP contribution in [-0.2, 0) is 10.8 Å². The van der Waals surface area contributed by atoms with Gasteiger partial charge in [-0.15, -0.1) is 0 Å². The fourth-order valence-electron chi connectivity index (χ4n) is 12.4. The molecule has 0 fully saturated rings. The van der Waals surface area contributed by atoms with Crippen LogP contribution in [0.1, 0.15) is 49.9 Å². The Morgan fingerprint density at radius 3 is 1.25 bits per heavy atom. The Morgan fingerprint density at radius 2 is 0.677 bits per heavy atom. The van der Waals surface area contributed by atoms with E-state index in [0.29, 0.717) is 0 Å². The first-order chi connectivity index (χ1) is 31.5. The fourth-order valence-corrected chi connectivity index (χ4v) is 15.5. The van der Waals surface area contributed by atoms with E-state index in [1.807, 2.05) is 0 Å². The largest absolute Gasteiger partial charge is 0.113 e. The maximum Gasteiger partial charge on any atom is 0.113 e. The van der Waals surface area contributed by atoms with E-state index in [-0.39, 0.29) is 10.8 Å². The summed E-state index contributed by atoms with van der Waals surface area (Å²) in [5.41, 5.74) is 24.0. The molecule has 1 heteroatoms. The van der Waals surface area contributed by atoms with Crippen LogP contribution in [0.5, 0.6) is 0 Å². The van der Waals surface area contributed by atoms with Gasteiger partial charge in [-0.3, -0.25) is 0 Å². The van der Waals surface area contributed by atoms with Crippen molar-refractivity contribution in [3.63, 3.8) is 0 Å². The highest BCUT2D eigenvalue weighted by molar-refractivity contribution is 7.04. The van der Waals surface area contributed by atoms with E-state index in [0.717, 1.165) is 0 Å². The average molecular weight is 847 g/mol. The van der Waals surface area contributed by atoms with Crippen LogP contribution in [-0.4, -0.2) is 8.07 Å². The highest BCUT2D eigenvalue weighted by atomic mass is 28.3. The van der Waals surface area contributed by atoms with Gasteiger partial charge in [0.05, 0.1) is 0 Å². The summed E-state index contributed by atoms with van der Waals surface area (Å²) in [5, 5.41) is 8.33. The molecule has 0 saturated carbocycles. The molecule has 0 spiro atoms. The van der Waals surface area contributed by atoms with Crippen LogP contribution in [0.4, 0.5) is 0 Å². The molecule has 0 N–H and O–H groups in total. The molecule has 65 heavy (non-hydrogen) atoms. The summed E-state index contributed by atoms with van der Waals surface area (Å²) < 4.78 is 0. The van der Waals surface area contributed by atoms with Crippen molar-refractivity contribution in [3.05, 3.63) is 216 Å². The van der Waals surface area contributed by atoms with Gasteiger partial charge in [-0.2, -0.15) is 0 Å². The highest BCUT2D eigenvalue weighted by Gasteiger charge is 2.40. The normalized spacial score (nSPS) is 15.3. The minimum Gasteiger partial charge on any atom is -0.0622 e. The van der Waals surface area contributed by atoms with Crippen LogP contribution >= 0.6 is 0 Å². The highest BCUT2D eigenvalue weighted by Crippen LogP contribution is 2.54. The smallest absolute Gasteiger partial charge is 0.0622 e. The van der Waals surface area contributed by atoms with E-state index >= 15 is 0 Å². The Labute approximate surface area is 383 Å². The van der Waals surface area contributed by atoms with E-state index in [1.54, 1.807) is 0 Å². The Morgan fingerprint density at radius 1 is 0.277 bits per heavy atom. The summed E-state index contributed by atoms with van der Waals surface area (Å²) in [4.78, 5) is 0. The fraction of sp³-hybridized carbons (Fsp3) is 0.125. The van der Waals surface area contributed by atoms with Crippen molar-refractivity contribution in [2.24, 2.45) is 0 Å². The van der Waals surface area contributed by atoms with Gasteiger partial charge in [0.2, 0.25) is 0 Å². The summed E-state index contributed by atoms with van der Waals surface area (Å²) in [6, 6.07) is 74.3. The lowest BCUT2D eigenvalue weighted by atomic mass is 9.79. The molecule has 2 aliphatic carbocycles. The van der Waals surface area contributed by atoms with Crippen LogP contribution in [0.15, 0.2) is 194 Å². The molecule has 10 aromatic rings. The number of rotatable bonds is 4. The van der Waals surface area contributed by atoms with E-state index in [9.17, 15) is 0 Å². The third-order valence-electron chi connectivity index (χ3n) is 15.9. The second-order valence-electron chi connectivity index (χ2n) is 20.4. The Balaban J connectivity index is 1.06. The lowest BCUT2D eigenvalue weighted by molar-refractivity contribution is 0.660. The number of hydrogen-bond donors (Lipinski definition) is 0. The van der Waals surface area contributed by atoms with Gasteiger partial charge < -0.3 is 0 Å². The zero-order valence-corrected chi connectivity index (χ0v) is 39.0. The molecule has 13 rings (SSSR count). The second-order valence-corrected chi connectivity index (χ2v) is 24.8. The predicted molar refractivity (Wildman–Crippen MR) is 281 cm³/mol. The van der Waals surface area contributed by atoms with Crippen LogP contribution in [0, 0.1) is 0 Å². The van der Waals surface area contributed by atoms with Crippen LogP contribution < -0.4 is 10.4 Å². The summed E-state index contributed by atoms with van der Waals surface area (Å²) >= 11 is 0. The molecule has 0 atom stereocenters. The zero-order valence-electron chi connectivity index (χ0n) is 38.0. The van der Waals surface area contributed by atoms with Crippen molar-refractivity contribution >= 4 is 40.0 Å². The molecular weight excluding hydrogens is 797 g/mol. The van der Waals surface area contributed by atoms with Gasteiger partial charge in [0.1, 0.15) is 8.07 Å². The quantitative estimate of drug-likeness (QED) is 0.122. The van der Waals surface area contributed by atoms with Crippen molar-refractivity contribution in [1.29, 1.82) is 0 Å². The Hall–Kier alpha value is -7.06. The molecule has 10 aromatic carbocycles. The van der Waals surface area contributed by atoms with Crippen molar-refractivity contribution in [3.8, 4) is 77.9 Å². The van der Waals surface area contributed by atoms with Gasteiger partial charge >= 0.3 is 0 Å². The monoisotopic (exact) mass is 846 g/mol. The third kappa shape index (κ3) is 5.37. The van der Waals surface area contributed by atoms with Crippen molar-refractivity contribution < 1.29 is 0 Å². The van der Waals surface area contributed by atoms with Crippen LogP contribution in [0.25, 0.3) is 99.4 Å². The third-order valence-corrected chi connectivity index (χ3v) is 19.4. The number of benzene rings is 10. The zero-order chi connectivity index (χ0) is 44.0. The average Bonchev–Trinajstić information content (AvgIpc) is 3.81. The van der Waals surface area contributed by atoms with Crippen molar-refractivity contribution in [2.45, 2.75) is 51.6 Å². The summed E-state index contributed by atoms with van der Waals surface area (Å²) in [6.07, 6.45) is 0. The van der Waals surface area contributed by atoms with E-state index in [4.69, 9.17) is 0 Å². The summed E-state index contributed by atoms with van der Waals surface area (Å²) in [7, 11) is -2.17. The minimum absolute atomic E-state index is 0.0976. The van der Waals surface area contributed by atoms with E-state index in [1.165, 1.54) is 132 Å². The predicted octanol–water partition coefficient (Wildman–Crippen LogP) is 16.1. The maximum atomic E-state index is 2.65. The minimum atomic E-state index is -2.17. The first-order valence-electron chi connectivity index (χ1n) is 23.3. The molecule has 1 heterocycles. The van der Waals surface area contributed by atoms with Gasteiger partial charge in [-0.25, -0.2) is 0 Å². The van der Waals surface area contributed by atoms with E-state index in [2.05, 4.69) is 235 Å². The van der Waals surface area contributed by atoms with Gasteiger partial charge in [0.15, 0.2) is 0 Å². The first-order valence-corrected chi connectivity index (χ1v) is 26.3. The van der Waals surface area contributed by atoms with Gasteiger partial charge in [-0.1, -0.05) is 217 Å². The molecule has 0 radical (unpaired) electrons. The molecule has 3 aliphatic rings. The number of fused-ring (bicyclic) bond motifs is 11. The Kier molecular flexibility index (Phi) is 7.97. The molecule has 0 saturated heterocycles. The SMILES string of the molecule is CC1(C)c2ccccc2-c2ccc(-c3c4ccccc4c(-c4ccc5c(c4)C(C)(C)c4ccccc4-5)c4cc5c(cc34)-c3ccc(-c4ccc(-c6ccccc6)cc4)cc3[Si]5(C)C)cc21. The van der Waals surface area contributed by atoms with Crippen molar-refractivity contribution in [2.75, 3.05) is 0 Å². The Bertz CT molecular complexity index is 3660. The second kappa shape index (κ2) is 13.5. The van der Waals surface area contributed by atoms with E-state index < -0.39 is 8.07 Å². The molecule has 0 nitrogen and oxygen atoms in total. The molecule has 0 amide bonds. The molecule has 1 aliphatic heterocycles. The topological polar surface area (TPSA) is 0 Å². The summed E-state index contributed by atoms with van der Waals surface area (Å²) in [6.45, 7) is 14.7. The van der Waals surface area contributed by atoms with Crippen molar-refractivity contribution in [1.82, 2.24) is 0 Å². The van der Waals surface area contributed by atoms with Gasteiger partial charge in [-0.05, 0) is 150 Å².